The zero-order chi connectivity index (χ0) is 18.7. The standard InChI is InChI=1S/C17H16F2N2O2S3/c1-2-5-24-17-20-15-4-3-14(9-16(15)25-17)21-26(22,23)10-11-6-12(18)8-13(19)7-11/h3-4,6-9,21H,2,5,10H2,1H3. The van der Waals surface area contributed by atoms with Gasteiger partial charge in [-0.15, -0.1) is 11.3 Å². The number of sulfonamides is 1. The average molecular weight is 415 g/mol. The van der Waals surface area contributed by atoms with Crippen LogP contribution < -0.4 is 4.72 Å². The van der Waals surface area contributed by atoms with E-state index < -0.39 is 27.4 Å². The van der Waals surface area contributed by atoms with Gasteiger partial charge in [-0.25, -0.2) is 22.2 Å². The molecule has 1 heterocycles. The molecule has 3 aromatic rings. The molecule has 1 N–H and O–H groups in total. The van der Waals surface area contributed by atoms with Crippen LogP contribution in [0.25, 0.3) is 10.2 Å². The second-order valence-electron chi connectivity index (χ2n) is 5.65. The Kier molecular flexibility index (Phi) is 5.79. The second kappa shape index (κ2) is 7.89. The number of halogens is 2. The van der Waals surface area contributed by atoms with Gasteiger partial charge in [0.2, 0.25) is 10.0 Å². The molecule has 0 aliphatic heterocycles. The van der Waals surface area contributed by atoms with Crippen LogP contribution in [0.3, 0.4) is 0 Å². The zero-order valence-corrected chi connectivity index (χ0v) is 16.3. The van der Waals surface area contributed by atoms with Crippen molar-refractivity contribution in [1.82, 2.24) is 4.98 Å². The number of thioether (sulfide) groups is 1. The first-order valence-electron chi connectivity index (χ1n) is 7.83. The molecule has 0 aliphatic carbocycles. The smallest absolute Gasteiger partial charge is 0.236 e. The molecule has 26 heavy (non-hydrogen) atoms. The van der Waals surface area contributed by atoms with Crippen LogP contribution >= 0.6 is 23.1 Å². The minimum Gasteiger partial charge on any atom is -0.283 e. The van der Waals surface area contributed by atoms with Crippen molar-refractivity contribution in [2.24, 2.45) is 0 Å². The van der Waals surface area contributed by atoms with Crippen LogP contribution in [0.15, 0.2) is 40.7 Å². The van der Waals surface area contributed by atoms with Crippen molar-refractivity contribution >= 4 is 49.0 Å². The highest BCUT2D eigenvalue weighted by molar-refractivity contribution is 8.01. The third-order valence-electron chi connectivity index (χ3n) is 3.35. The quantitative estimate of drug-likeness (QED) is 0.552. The van der Waals surface area contributed by atoms with Crippen molar-refractivity contribution in [3.8, 4) is 0 Å². The predicted octanol–water partition coefficient (Wildman–Crippen LogP) is 5.02. The molecule has 0 aliphatic rings. The maximum absolute atomic E-state index is 13.2. The lowest BCUT2D eigenvalue weighted by Gasteiger charge is -2.08. The highest BCUT2D eigenvalue weighted by atomic mass is 32.2. The highest BCUT2D eigenvalue weighted by Gasteiger charge is 2.14. The molecule has 9 heteroatoms. The van der Waals surface area contributed by atoms with E-state index in [1.807, 2.05) is 0 Å². The summed E-state index contributed by atoms with van der Waals surface area (Å²) in [5.41, 5.74) is 1.25. The molecule has 0 saturated heterocycles. The number of benzene rings is 2. The Morgan fingerprint density at radius 3 is 2.58 bits per heavy atom. The SMILES string of the molecule is CCCSc1nc2ccc(NS(=O)(=O)Cc3cc(F)cc(F)c3)cc2s1. The molecule has 0 bridgehead atoms. The summed E-state index contributed by atoms with van der Waals surface area (Å²) in [7, 11) is -3.80. The fourth-order valence-electron chi connectivity index (χ4n) is 2.35. The monoisotopic (exact) mass is 414 g/mol. The largest absolute Gasteiger partial charge is 0.283 e. The third-order valence-corrected chi connectivity index (χ3v) is 6.98. The molecule has 0 saturated carbocycles. The van der Waals surface area contributed by atoms with Gasteiger partial charge in [0.1, 0.15) is 11.6 Å². The number of nitrogens with zero attached hydrogens (tertiary/aromatic N) is 1. The van der Waals surface area contributed by atoms with Gasteiger partial charge in [0.25, 0.3) is 0 Å². The van der Waals surface area contributed by atoms with E-state index in [2.05, 4.69) is 16.6 Å². The van der Waals surface area contributed by atoms with Crippen molar-refractivity contribution in [2.75, 3.05) is 10.5 Å². The number of nitrogens with one attached hydrogen (secondary N) is 1. The van der Waals surface area contributed by atoms with Crippen molar-refractivity contribution in [3.05, 3.63) is 53.6 Å². The summed E-state index contributed by atoms with van der Waals surface area (Å²) < 4.78 is 55.3. The molecule has 4 nitrogen and oxygen atoms in total. The lowest BCUT2D eigenvalue weighted by atomic mass is 10.2. The predicted molar refractivity (Wildman–Crippen MR) is 103 cm³/mol. The Labute approximate surface area is 158 Å². The van der Waals surface area contributed by atoms with Crippen molar-refractivity contribution < 1.29 is 17.2 Å². The Morgan fingerprint density at radius 2 is 1.88 bits per heavy atom. The Bertz CT molecular complexity index is 1020. The van der Waals surface area contributed by atoms with Crippen LogP contribution in [0.5, 0.6) is 0 Å². The number of rotatable bonds is 7. The van der Waals surface area contributed by atoms with Crippen molar-refractivity contribution in [2.45, 2.75) is 23.4 Å². The lowest BCUT2D eigenvalue weighted by Crippen LogP contribution is -2.15. The third kappa shape index (κ3) is 4.93. The summed E-state index contributed by atoms with van der Waals surface area (Å²) in [6, 6.07) is 7.81. The summed E-state index contributed by atoms with van der Waals surface area (Å²) in [5.74, 6) is -1.15. The number of aromatic nitrogens is 1. The molecule has 0 radical (unpaired) electrons. The molecular weight excluding hydrogens is 398 g/mol. The molecule has 1 aromatic heterocycles. The number of fused-ring (bicyclic) bond motifs is 1. The van der Waals surface area contributed by atoms with Gasteiger partial charge in [-0.1, -0.05) is 18.7 Å². The molecule has 138 valence electrons. The van der Waals surface area contributed by atoms with Crippen molar-refractivity contribution in [3.63, 3.8) is 0 Å². The van der Waals surface area contributed by atoms with Crippen LogP contribution in [0, 0.1) is 11.6 Å². The molecule has 0 unspecified atom stereocenters. The van der Waals surface area contributed by atoms with Gasteiger partial charge >= 0.3 is 0 Å². The summed E-state index contributed by atoms with van der Waals surface area (Å²) in [5, 5.41) is 0. The molecule has 0 atom stereocenters. The van der Waals surface area contributed by atoms with E-state index in [1.54, 1.807) is 30.0 Å². The zero-order valence-electron chi connectivity index (χ0n) is 13.8. The van der Waals surface area contributed by atoms with E-state index >= 15 is 0 Å². The van der Waals surface area contributed by atoms with Gasteiger partial charge < -0.3 is 0 Å². The van der Waals surface area contributed by atoms with Gasteiger partial charge in [0.05, 0.1) is 21.7 Å². The molecule has 0 amide bonds. The summed E-state index contributed by atoms with van der Waals surface area (Å²) in [6.45, 7) is 2.09. The van der Waals surface area contributed by atoms with E-state index in [0.717, 1.165) is 38.9 Å². The maximum Gasteiger partial charge on any atom is 0.236 e. The highest BCUT2D eigenvalue weighted by Crippen LogP contribution is 2.31. The summed E-state index contributed by atoms with van der Waals surface area (Å²) >= 11 is 3.17. The first kappa shape index (κ1) is 19.1. The maximum atomic E-state index is 13.2. The second-order valence-corrected chi connectivity index (χ2v) is 9.74. The van der Waals surface area contributed by atoms with Gasteiger partial charge in [-0.2, -0.15) is 0 Å². The van der Waals surface area contributed by atoms with Crippen LogP contribution in [0.1, 0.15) is 18.9 Å². The summed E-state index contributed by atoms with van der Waals surface area (Å²) in [6.07, 6.45) is 1.05. The van der Waals surface area contributed by atoms with E-state index in [9.17, 15) is 17.2 Å². The fourth-order valence-corrected chi connectivity index (χ4v) is 5.54. The molecule has 0 fully saturated rings. The van der Waals surface area contributed by atoms with Gasteiger partial charge in [0.15, 0.2) is 4.34 Å². The van der Waals surface area contributed by atoms with E-state index in [-0.39, 0.29) is 5.56 Å². The minimum atomic E-state index is -3.80. The first-order chi connectivity index (χ1) is 12.3. The number of hydrogen-bond donors (Lipinski definition) is 1. The Balaban J connectivity index is 1.78. The fraction of sp³-hybridized carbons (Fsp3) is 0.235. The number of thiazole rings is 1. The van der Waals surface area contributed by atoms with Crippen LogP contribution in [0.4, 0.5) is 14.5 Å². The van der Waals surface area contributed by atoms with Gasteiger partial charge in [-0.05, 0) is 42.3 Å². The molecule has 2 aromatic carbocycles. The first-order valence-corrected chi connectivity index (χ1v) is 11.3. The van der Waals surface area contributed by atoms with E-state index in [0.29, 0.717) is 11.8 Å². The minimum absolute atomic E-state index is 0.0483. The van der Waals surface area contributed by atoms with Crippen LogP contribution in [-0.2, 0) is 15.8 Å². The molecular formula is C17H16F2N2O2S3. The Morgan fingerprint density at radius 1 is 1.15 bits per heavy atom. The lowest BCUT2D eigenvalue weighted by molar-refractivity contribution is 0.579. The topological polar surface area (TPSA) is 59.1 Å². The van der Waals surface area contributed by atoms with Crippen molar-refractivity contribution in [1.29, 1.82) is 0 Å². The van der Waals surface area contributed by atoms with Crippen LogP contribution in [0.2, 0.25) is 0 Å². The van der Waals surface area contributed by atoms with Crippen LogP contribution in [-0.4, -0.2) is 19.2 Å². The van der Waals surface area contributed by atoms with E-state index in [1.165, 1.54) is 11.3 Å². The number of hydrogen-bond acceptors (Lipinski definition) is 5. The number of anilines is 1. The Hall–Kier alpha value is -1.71. The summed E-state index contributed by atoms with van der Waals surface area (Å²) in [4.78, 5) is 4.50. The average Bonchev–Trinajstić information content (AvgIpc) is 2.92. The molecule has 3 rings (SSSR count). The normalized spacial score (nSPS) is 11.8. The van der Waals surface area contributed by atoms with Gasteiger partial charge in [0, 0.05) is 11.8 Å². The van der Waals surface area contributed by atoms with E-state index in [4.69, 9.17) is 0 Å². The molecule has 0 spiro atoms. The van der Waals surface area contributed by atoms with Gasteiger partial charge in [-0.3, -0.25) is 4.72 Å².